The fourth-order valence-electron chi connectivity index (χ4n) is 5.01. The molecule has 0 aromatic carbocycles. The number of carbonyl (C=O) groups excluding carboxylic acids is 2. The third-order valence-electron chi connectivity index (χ3n) is 6.74. The zero-order chi connectivity index (χ0) is 16.1. The molecule has 3 saturated carbocycles. The van der Waals surface area contributed by atoms with Gasteiger partial charge in [-0.2, -0.15) is 0 Å². The first kappa shape index (κ1) is 15.8. The SMILES string of the molecule is CCOC(=O)[C@H]1C[C@@]1(C)[C@@H]1CC[C@]2(C)[C@@H](C1)[C@@H]2C(=O)OCC. The van der Waals surface area contributed by atoms with Gasteiger partial charge in [-0.1, -0.05) is 13.8 Å². The largest absolute Gasteiger partial charge is 0.466 e. The Balaban J connectivity index is 1.62. The highest BCUT2D eigenvalue weighted by Crippen LogP contribution is 2.72. The summed E-state index contributed by atoms with van der Waals surface area (Å²) in [4.78, 5) is 24.1. The summed E-state index contributed by atoms with van der Waals surface area (Å²) in [6.45, 7) is 9.10. The van der Waals surface area contributed by atoms with Gasteiger partial charge in [0, 0.05) is 0 Å². The van der Waals surface area contributed by atoms with Crippen molar-refractivity contribution in [3.05, 3.63) is 0 Å². The van der Waals surface area contributed by atoms with Crippen molar-refractivity contribution >= 4 is 11.9 Å². The summed E-state index contributed by atoms with van der Waals surface area (Å²) < 4.78 is 10.4. The normalized spacial score (nSPS) is 45.6. The quantitative estimate of drug-likeness (QED) is 0.732. The highest BCUT2D eigenvalue weighted by atomic mass is 16.5. The molecule has 0 bridgehead atoms. The Bertz CT molecular complexity index is 487. The second-order valence-electron chi connectivity index (χ2n) is 7.83. The Morgan fingerprint density at radius 3 is 2.32 bits per heavy atom. The number of carbonyl (C=O) groups is 2. The molecule has 0 radical (unpaired) electrons. The summed E-state index contributed by atoms with van der Waals surface area (Å²) in [6.07, 6.45) is 4.21. The van der Waals surface area contributed by atoms with E-state index in [4.69, 9.17) is 9.47 Å². The van der Waals surface area contributed by atoms with Crippen LogP contribution in [0.4, 0.5) is 0 Å². The molecule has 6 atom stereocenters. The van der Waals surface area contributed by atoms with E-state index in [1.54, 1.807) is 0 Å². The van der Waals surface area contributed by atoms with Crippen molar-refractivity contribution in [2.45, 2.75) is 53.4 Å². The van der Waals surface area contributed by atoms with E-state index in [1.165, 1.54) is 0 Å². The summed E-state index contributed by atoms with van der Waals surface area (Å²) in [5.41, 5.74) is 0.239. The molecule has 0 unspecified atom stereocenters. The molecule has 0 heterocycles. The molecule has 3 aliphatic carbocycles. The molecular weight excluding hydrogens is 280 g/mol. The van der Waals surface area contributed by atoms with E-state index in [0.29, 0.717) is 25.0 Å². The Kier molecular flexibility index (Phi) is 3.77. The predicted octanol–water partition coefficient (Wildman–Crippen LogP) is 3.19. The minimum absolute atomic E-state index is 0.0152. The standard InChI is InChI=1S/C18H28O4/c1-5-21-15(19)13-10-18(13,4)11-7-8-17(3)12(9-11)14(17)16(20)22-6-2/h11-14H,5-10H2,1-4H3/t11-,12+,13-,14-,17-,18+/m1/s1. The van der Waals surface area contributed by atoms with Crippen molar-refractivity contribution in [2.24, 2.45) is 34.5 Å². The first-order valence-corrected chi connectivity index (χ1v) is 8.71. The van der Waals surface area contributed by atoms with E-state index in [1.807, 2.05) is 13.8 Å². The van der Waals surface area contributed by atoms with Gasteiger partial charge in [0.1, 0.15) is 0 Å². The van der Waals surface area contributed by atoms with Crippen LogP contribution in [0.3, 0.4) is 0 Å². The molecule has 4 heteroatoms. The van der Waals surface area contributed by atoms with E-state index in [-0.39, 0.29) is 34.6 Å². The maximum absolute atomic E-state index is 12.1. The van der Waals surface area contributed by atoms with Gasteiger partial charge in [0.25, 0.3) is 0 Å². The van der Waals surface area contributed by atoms with Crippen molar-refractivity contribution in [3.63, 3.8) is 0 Å². The highest BCUT2D eigenvalue weighted by Gasteiger charge is 2.70. The molecule has 0 aromatic heterocycles. The second kappa shape index (κ2) is 5.24. The highest BCUT2D eigenvalue weighted by molar-refractivity contribution is 5.78. The molecule has 124 valence electrons. The first-order valence-electron chi connectivity index (χ1n) is 8.71. The van der Waals surface area contributed by atoms with Crippen LogP contribution < -0.4 is 0 Å². The van der Waals surface area contributed by atoms with Crippen LogP contribution >= 0.6 is 0 Å². The Morgan fingerprint density at radius 1 is 1.05 bits per heavy atom. The van der Waals surface area contributed by atoms with Crippen molar-refractivity contribution in [2.75, 3.05) is 13.2 Å². The number of ether oxygens (including phenoxy) is 2. The van der Waals surface area contributed by atoms with Gasteiger partial charge < -0.3 is 9.47 Å². The van der Waals surface area contributed by atoms with E-state index < -0.39 is 0 Å². The third-order valence-corrected chi connectivity index (χ3v) is 6.74. The number of fused-ring (bicyclic) bond motifs is 1. The van der Waals surface area contributed by atoms with E-state index in [2.05, 4.69) is 13.8 Å². The molecule has 0 aromatic rings. The lowest BCUT2D eigenvalue weighted by Crippen LogP contribution is -2.24. The molecule has 0 amide bonds. The molecule has 4 nitrogen and oxygen atoms in total. The van der Waals surface area contributed by atoms with Gasteiger partial charge in [-0.3, -0.25) is 9.59 Å². The maximum atomic E-state index is 12.1. The summed E-state index contributed by atoms with van der Waals surface area (Å²) in [5.74, 6) is 1.10. The molecule has 0 spiro atoms. The van der Waals surface area contributed by atoms with E-state index >= 15 is 0 Å². The van der Waals surface area contributed by atoms with Gasteiger partial charge in [-0.25, -0.2) is 0 Å². The van der Waals surface area contributed by atoms with Crippen molar-refractivity contribution in [3.8, 4) is 0 Å². The monoisotopic (exact) mass is 308 g/mol. The molecule has 0 saturated heterocycles. The molecule has 3 aliphatic rings. The van der Waals surface area contributed by atoms with E-state index in [9.17, 15) is 9.59 Å². The number of rotatable bonds is 5. The maximum Gasteiger partial charge on any atom is 0.309 e. The van der Waals surface area contributed by atoms with Crippen molar-refractivity contribution in [1.82, 2.24) is 0 Å². The fourth-order valence-corrected chi connectivity index (χ4v) is 5.01. The minimum atomic E-state index is -0.0314. The molecular formula is C18H28O4. The number of hydrogen-bond acceptors (Lipinski definition) is 4. The van der Waals surface area contributed by atoms with Crippen molar-refractivity contribution in [1.29, 1.82) is 0 Å². The Labute approximate surface area is 132 Å². The molecule has 3 fully saturated rings. The summed E-state index contributed by atoms with van der Waals surface area (Å²) in [7, 11) is 0. The van der Waals surface area contributed by atoms with Gasteiger partial charge in [0.2, 0.25) is 0 Å². The Morgan fingerprint density at radius 2 is 1.68 bits per heavy atom. The van der Waals surface area contributed by atoms with E-state index in [0.717, 1.165) is 25.7 Å². The second-order valence-corrected chi connectivity index (χ2v) is 7.83. The lowest BCUT2D eigenvalue weighted by atomic mass is 9.74. The van der Waals surface area contributed by atoms with Crippen molar-refractivity contribution < 1.29 is 19.1 Å². The topological polar surface area (TPSA) is 52.6 Å². The lowest BCUT2D eigenvalue weighted by molar-refractivity contribution is -0.147. The van der Waals surface area contributed by atoms with Gasteiger partial charge >= 0.3 is 11.9 Å². The van der Waals surface area contributed by atoms with Gasteiger partial charge in [0.05, 0.1) is 25.0 Å². The predicted molar refractivity (Wildman–Crippen MR) is 81.9 cm³/mol. The minimum Gasteiger partial charge on any atom is -0.466 e. The zero-order valence-electron chi connectivity index (χ0n) is 14.2. The average molecular weight is 308 g/mol. The van der Waals surface area contributed by atoms with Crippen LogP contribution in [0.5, 0.6) is 0 Å². The van der Waals surface area contributed by atoms with Crippen LogP contribution in [0, 0.1) is 34.5 Å². The summed E-state index contributed by atoms with van der Waals surface area (Å²) >= 11 is 0. The summed E-state index contributed by atoms with van der Waals surface area (Å²) in [5, 5.41) is 0. The summed E-state index contributed by atoms with van der Waals surface area (Å²) in [6, 6.07) is 0. The number of esters is 2. The number of hydrogen-bond donors (Lipinski definition) is 0. The van der Waals surface area contributed by atoms with Gasteiger partial charge in [-0.05, 0) is 62.2 Å². The Hall–Kier alpha value is -1.06. The molecule has 0 N–H and O–H groups in total. The molecule has 0 aliphatic heterocycles. The van der Waals surface area contributed by atoms with Crippen LogP contribution in [-0.2, 0) is 19.1 Å². The first-order chi connectivity index (χ1) is 10.4. The van der Waals surface area contributed by atoms with Crippen LogP contribution in [0.2, 0.25) is 0 Å². The zero-order valence-corrected chi connectivity index (χ0v) is 14.2. The smallest absolute Gasteiger partial charge is 0.309 e. The molecule has 22 heavy (non-hydrogen) atoms. The molecule has 3 rings (SSSR count). The van der Waals surface area contributed by atoms with Gasteiger partial charge in [-0.15, -0.1) is 0 Å². The van der Waals surface area contributed by atoms with Crippen LogP contribution in [0.25, 0.3) is 0 Å². The average Bonchev–Trinajstić information content (AvgIpc) is 3.31. The van der Waals surface area contributed by atoms with Crippen LogP contribution in [0.15, 0.2) is 0 Å². The van der Waals surface area contributed by atoms with Crippen LogP contribution in [-0.4, -0.2) is 25.2 Å². The third kappa shape index (κ3) is 2.26. The fraction of sp³-hybridized carbons (Fsp3) is 0.889. The lowest BCUT2D eigenvalue weighted by Gasteiger charge is -2.30. The van der Waals surface area contributed by atoms with Crippen LogP contribution in [0.1, 0.15) is 53.4 Å². The van der Waals surface area contributed by atoms with Gasteiger partial charge in [0.15, 0.2) is 0 Å².